The number of ether oxygens (including phenoxy) is 1. The Balaban J connectivity index is 0.000000223. The maximum absolute atomic E-state index is 15.2. The molecule has 9 rings (SSSR count). The van der Waals surface area contributed by atoms with Gasteiger partial charge in [-0.15, -0.1) is 0 Å². The summed E-state index contributed by atoms with van der Waals surface area (Å²) >= 11 is 16.2. The molecular weight excluding hydrogens is 1440 g/mol. The predicted molar refractivity (Wildman–Crippen MR) is 363 cm³/mol. The monoisotopic (exact) mass is 1500 g/mol. The standard InChI is InChI=1S/C26H24F4N4O4S.2C21H16F4N4O2S/c1-24(2,3)38-23(37)32(6)20(35)17-10-9-16(12-19(17)27)34-22(39)33(21(36)25(34,4)5)15-8-7-14(13-31)18(11-15)26(28,29)30;2*1-20(2)18(31)28(12-5-4-11(10-26)15(8-12)21(23,24)25)19(32)29(20)13-6-7-14(16(22)9-13)17(30)27-3/h7-12H,1-6H3;2*4-9H,1-3H3,(H,27,30)/i;3D3;. The SMILES string of the molecule is CN(C(=O)OC(C)(C)C)C(=O)c1ccc(N2C(=S)N(c3ccc(C#N)c(C(F)(F)F)c3)C(=O)C2(C)C)cc1F.CNC(=O)c1ccc(N2C(=S)N(c3ccc(C#N)c(C(F)(F)F)c3)C(=O)C2(C)C)cc1F.[2H]C([2H])([2H])NC(=O)c1ccc(N2C(=S)N(c3ccc(C#N)c(C(F)(F)F)c3)C(=O)C2(C)C)cc1F. The summed E-state index contributed by atoms with van der Waals surface area (Å²) in [7, 11) is 2.48. The normalized spacial score (nSPS) is 16.1. The second-order valence-electron chi connectivity index (χ2n) is 24.8. The molecule has 20 nitrogen and oxygen atoms in total. The zero-order valence-electron chi connectivity index (χ0n) is 58.4. The topological polar surface area (TPSA) is 247 Å². The molecule has 0 unspecified atom stereocenters. The van der Waals surface area contributed by atoms with E-state index in [4.69, 9.17) is 61.3 Å². The summed E-state index contributed by atoms with van der Waals surface area (Å²) in [4.78, 5) is 95.4. The van der Waals surface area contributed by atoms with Crippen molar-refractivity contribution in [1.82, 2.24) is 15.5 Å². The lowest BCUT2D eigenvalue weighted by Crippen LogP contribution is -2.44. The van der Waals surface area contributed by atoms with E-state index in [9.17, 15) is 81.9 Å². The fraction of sp³-hybridized carbons (Fsp3) is 0.279. The Morgan fingerprint density at radius 1 is 0.476 bits per heavy atom. The minimum atomic E-state index is -4.87. The van der Waals surface area contributed by atoms with Crippen LogP contribution in [0.3, 0.4) is 0 Å². The van der Waals surface area contributed by atoms with E-state index in [1.54, 1.807) is 26.1 Å². The molecule has 538 valence electrons. The van der Waals surface area contributed by atoms with Gasteiger partial charge in [0, 0.05) is 42.2 Å². The van der Waals surface area contributed by atoms with E-state index in [2.05, 4.69) is 5.32 Å². The van der Waals surface area contributed by atoms with Crippen LogP contribution < -0.4 is 40.0 Å². The molecule has 6 aromatic rings. The van der Waals surface area contributed by atoms with Crippen LogP contribution in [0.5, 0.6) is 0 Å². The molecule has 3 heterocycles. The van der Waals surface area contributed by atoms with Crippen LogP contribution >= 0.6 is 36.7 Å². The van der Waals surface area contributed by atoms with Crippen molar-refractivity contribution in [3.05, 3.63) is 177 Å². The molecule has 3 fully saturated rings. The maximum Gasteiger partial charge on any atom is 0.417 e. The van der Waals surface area contributed by atoms with E-state index < -0.39 is 151 Å². The number of halogens is 12. The van der Waals surface area contributed by atoms with E-state index in [1.807, 2.05) is 0 Å². The Kier molecular flexibility index (Phi) is 20.8. The summed E-state index contributed by atoms with van der Waals surface area (Å²) in [5, 5.41) is 30.3. The third kappa shape index (κ3) is 15.4. The van der Waals surface area contributed by atoms with Crippen molar-refractivity contribution in [2.45, 2.75) is 103 Å². The molecule has 0 aromatic heterocycles. The van der Waals surface area contributed by atoms with Crippen LogP contribution in [0.25, 0.3) is 0 Å². The number of nitriles is 3. The van der Waals surface area contributed by atoms with Gasteiger partial charge in [-0.3, -0.25) is 43.5 Å². The van der Waals surface area contributed by atoms with Gasteiger partial charge in [0.2, 0.25) is 0 Å². The van der Waals surface area contributed by atoms with Gasteiger partial charge in [0.15, 0.2) is 15.3 Å². The number of thiocarbonyl (C=S) groups is 3. The Morgan fingerprint density at radius 2 is 0.748 bits per heavy atom. The second kappa shape index (κ2) is 28.7. The minimum absolute atomic E-state index is 0.00322. The highest BCUT2D eigenvalue weighted by Crippen LogP contribution is 2.44. The van der Waals surface area contributed by atoms with E-state index in [1.165, 1.54) is 112 Å². The molecule has 0 radical (unpaired) electrons. The van der Waals surface area contributed by atoms with Crippen molar-refractivity contribution in [1.29, 1.82) is 15.8 Å². The van der Waals surface area contributed by atoms with Crippen molar-refractivity contribution in [2.75, 3.05) is 50.5 Å². The molecule has 2 N–H and O–H groups in total. The van der Waals surface area contributed by atoms with Gasteiger partial charge in [-0.05, 0) is 208 Å². The predicted octanol–water partition coefficient (Wildman–Crippen LogP) is 13.6. The van der Waals surface area contributed by atoms with Crippen LogP contribution in [0.2, 0.25) is 0 Å². The number of benzene rings is 6. The summed E-state index contributed by atoms with van der Waals surface area (Å²) in [6, 6.07) is 22.7. The van der Waals surface area contributed by atoms with Gasteiger partial charge in [-0.25, -0.2) is 22.9 Å². The minimum Gasteiger partial charge on any atom is -0.443 e. The molecule has 3 aliphatic heterocycles. The summed E-state index contributed by atoms with van der Waals surface area (Å²) < 4.78 is 192. The van der Waals surface area contributed by atoms with Crippen molar-refractivity contribution >= 4 is 128 Å². The van der Waals surface area contributed by atoms with Gasteiger partial charge >= 0.3 is 24.6 Å². The van der Waals surface area contributed by atoms with Gasteiger partial charge < -0.3 is 30.1 Å². The average molecular weight is 1500 g/mol. The number of carbonyl (C=O) groups is 7. The van der Waals surface area contributed by atoms with Crippen LogP contribution in [0, 0.1) is 51.4 Å². The molecule has 103 heavy (non-hydrogen) atoms. The smallest absolute Gasteiger partial charge is 0.417 e. The van der Waals surface area contributed by atoms with E-state index in [-0.39, 0.29) is 55.0 Å². The molecule has 0 aliphatic carbocycles. The van der Waals surface area contributed by atoms with Gasteiger partial charge in [0.1, 0.15) is 39.7 Å². The third-order valence-corrected chi connectivity index (χ3v) is 16.8. The van der Waals surface area contributed by atoms with Crippen LogP contribution in [-0.2, 0) is 37.6 Å². The van der Waals surface area contributed by atoms with Gasteiger partial charge in [0.25, 0.3) is 35.4 Å². The van der Waals surface area contributed by atoms with E-state index >= 15 is 4.39 Å². The Bertz CT molecular complexity index is 4850. The highest BCUT2D eigenvalue weighted by Gasteiger charge is 2.54. The first-order valence-electron chi connectivity index (χ1n) is 31.0. The van der Waals surface area contributed by atoms with E-state index in [0.29, 0.717) is 23.1 Å². The summed E-state index contributed by atoms with van der Waals surface area (Å²) in [5.41, 5.74) is -12.4. The first-order chi connectivity index (χ1) is 48.6. The fourth-order valence-electron chi connectivity index (χ4n) is 10.6. The Labute approximate surface area is 600 Å². The van der Waals surface area contributed by atoms with Gasteiger partial charge in [-0.2, -0.15) is 55.3 Å². The molecule has 35 heteroatoms. The zero-order chi connectivity index (χ0) is 80.2. The number of hydrogen-bond acceptors (Lipinski definition) is 14. The molecule has 0 atom stereocenters. The lowest BCUT2D eigenvalue weighted by atomic mass is 10.0. The molecule has 6 aromatic carbocycles. The number of alkyl halides is 9. The van der Waals surface area contributed by atoms with Crippen LogP contribution in [-0.4, -0.2) is 105 Å². The highest BCUT2D eigenvalue weighted by molar-refractivity contribution is 7.81. The quantitative estimate of drug-likeness (QED) is 0.101. The van der Waals surface area contributed by atoms with Crippen LogP contribution in [0.4, 0.5) is 91.6 Å². The summed E-state index contributed by atoms with van der Waals surface area (Å²) in [6.45, 7) is 10.7. The molecule has 7 amide bonds. The molecular formula is C68H56F12N12O8S3. The van der Waals surface area contributed by atoms with Crippen molar-refractivity contribution in [3.8, 4) is 18.2 Å². The number of hydrogen-bond donors (Lipinski definition) is 2. The van der Waals surface area contributed by atoms with Crippen LogP contribution in [0.1, 0.15) is 131 Å². The average Bonchev–Trinajstić information content (AvgIpc) is 1.59. The number of amides is 7. The Hall–Kier alpha value is -11.1. The lowest BCUT2D eigenvalue weighted by Gasteiger charge is -2.29. The summed E-state index contributed by atoms with van der Waals surface area (Å²) in [5.74, 6) is -7.87. The Morgan fingerprint density at radius 3 is 0.990 bits per heavy atom. The number of imide groups is 1. The summed E-state index contributed by atoms with van der Waals surface area (Å²) in [6.07, 6.45) is -15.5. The van der Waals surface area contributed by atoms with Crippen molar-refractivity contribution in [2.24, 2.45) is 0 Å². The van der Waals surface area contributed by atoms with Crippen LogP contribution in [0.15, 0.2) is 109 Å². The zero-order valence-corrected chi connectivity index (χ0v) is 57.8. The number of nitrogens with one attached hydrogen (secondary N) is 2. The maximum atomic E-state index is 15.2. The first-order valence-corrected chi connectivity index (χ1v) is 30.7. The number of nitrogens with zero attached hydrogens (tertiary/aromatic N) is 10. The molecule has 3 saturated heterocycles. The molecule has 0 saturated carbocycles. The third-order valence-electron chi connectivity index (χ3n) is 15.7. The largest absolute Gasteiger partial charge is 0.443 e. The van der Waals surface area contributed by atoms with Gasteiger partial charge in [-0.1, -0.05) is 0 Å². The van der Waals surface area contributed by atoms with Crippen molar-refractivity contribution in [3.63, 3.8) is 0 Å². The first kappa shape index (κ1) is 74.6. The van der Waals surface area contributed by atoms with E-state index in [0.717, 1.165) is 82.4 Å². The van der Waals surface area contributed by atoms with Gasteiger partial charge in [0.05, 0.1) is 85.3 Å². The molecule has 3 aliphatic rings. The fourth-order valence-corrected chi connectivity index (χ4v) is 12.2. The highest BCUT2D eigenvalue weighted by atomic mass is 32.1. The van der Waals surface area contributed by atoms with Crippen molar-refractivity contribution < 1.29 is 95.1 Å². The second-order valence-corrected chi connectivity index (χ2v) is 25.9. The molecule has 0 spiro atoms. The number of carbonyl (C=O) groups excluding carboxylic acids is 7. The number of anilines is 6. The number of rotatable bonds is 9. The lowest BCUT2D eigenvalue weighted by molar-refractivity contribution is -0.138. The molecule has 0 bridgehead atoms.